The second kappa shape index (κ2) is 11.0. The Labute approximate surface area is 193 Å². The van der Waals surface area contributed by atoms with Crippen molar-refractivity contribution in [2.75, 3.05) is 23.3 Å². The highest BCUT2D eigenvalue weighted by Gasteiger charge is 2.15. The fourth-order valence-electron chi connectivity index (χ4n) is 4.01. The van der Waals surface area contributed by atoms with E-state index in [-0.39, 0.29) is 5.91 Å². The zero-order chi connectivity index (χ0) is 23.1. The molecule has 0 fully saturated rings. The van der Waals surface area contributed by atoms with Gasteiger partial charge in [0.1, 0.15) is 0 Å². The molecule has 0 radical (unpaired) electrons. The Morgan fingerprint density at radius 1 is 0.844 bits per heavy atom. The van der Waals surface area contributed by atoms with Crippen molar-refractivity contribution in [3.05, 3.63) is 83.9 Å². The minimum atomic E-state index is 0.000491. The van der Waals surface area contributed by atoms with Crippen LogP contribution in [0.2, 0.25) is 0 Å². The van der Waals surface area contributed by atoms with Gasteiger partial charge in [0.15, 0.2) is 0 Å². The number of aryl methyl sites for hydroxylation is 1. The van der Waals surface area contributed by atoms with Crippen LogP contribution in [0, 0.1) is 18.8 Å². The second-order valence-electron chi connectivity index (χ2n) is 9.50. The molecule has 0 heterocycles. The molecule has 1 amide bonds. The first kappa shape index (κ1) is 23.6. The molecule has 0 aromatic heterocycles. The van der Waals surface area contributed by atoms with Gasteiger partial charge in [0, 0.05) is 30.0 Å². The van der Waals surface area contributed by atoms with Crippen LogP contribution in [0.25, 0.3) is 11.1 Å². The van der Waals surface area contributed by atoms with Crippen LogP contribution in [0.5, 0.6) is 0 Å². The molecule has 3 aromatic rings. The summed E-state index contributed by atoms with van der Waals surface area (Å²) in [5.41, 5.74) is 6.61. The van der Waals surface area contributed by atoms with E-state index in [1.54, 1.807) is 0 Å². The van der Waals surface area contributed by atoms with E-state index in [4.69, 9.17) is 0 Å². The summed E-state index contributed by atoms with van der Waals surface area (Å²) in [5, 5.41) is 3.08. The van der Waals surface area contributed by atoms with E-state index in [0.29, 0.717) is 18.3 Å². The monoisotopic (exact) mass is 428 g/mol. The van der Waals surface area contributed by atoms with Crippen molar-refractivity contribution in [1.82, 2.24) is 0 Å². The molecule has 0 aliphatic carbocycles. The lowest BCUT2D eigenvalue weighted by Crippen LogP contribution is -2.31. The lowest BCUT2D eigenvalue weighted by atomic mass is 10.0. The summed E-state index contributed by atoms with van der Waals surface area (Å²) >= 11 is 0. The fourth-order valence-corrected chi connectivity index (χ4v) is 4.01. The van der Waals surface area contributed by atoms with Crippen LogP contribution in [-0.2, 0) is 11.2 Å². The van der Waals surface area contributed by atoms with E-state index in [9.17, 15) is 4.79 Å². The lowest BCUT2D eigenvalue weighted by molar-refractivity contribution is -0.115. The first-order valence-corrected chi connectivity index (χ1v) is 11.6. The molecule has 3 rings (SSSR count). The third kappa shape index (κ3) is 6.71. The Kier molecular flexibility index (Phi) is 8.10. The van der Waals surface area contributed by atoms with Crippen molar-refractivity contribution in [3.63, 3.8) is 0 Å². The quantitative estimate of drug-likeness (QED) is 0.399. The van der Waals surface area contributed by atoms with E-state index in [2.05, 4.69) is 81.2 Å². The maximum Gasteiger partial charge on any atom is 0.228 e. The number of nitrogens with one attached hydrogen (secondary N) is 1. The van der Waals surface area contributed by atoms with Gasteiger partial charge in [-0.25, -0.2) is 0 Å². The molecule has 1 N–H and O–H groups in total. The van der Waals surface area contributed by atoms with Crippen molar-refractivity contribution in [2.45, 2.75) is 41.0 Å². The number of hydrogen-bond acceptors (Lipinski definition) is 2. The first-order chi connectivity index (χ1) is 15.3. The zero-order valence-electron chi connectivity index (χ0n) is 20.1. The van der Waals surface area contributed by atoms with Crippen LogP contribution in [0.1, 0.15) is 38.8 Å². The number of amides is 1. The Bertz CT molecular complexity index is 1010. The minimum Gasteiger partial charge on any atom is -0.371 e. The number of nitrogens with zero attached hydrogens (tertiary/aromatic N) is 1. The van der Waals surface area contributed by atoms with E-state index < -0.39 is 0 Å². The van der Waals surface area contributed by atoms with Gasteiger partial charge < -0.3 is 10.2 Å². The largest absolute Gasteiger partial charge is 0.371 e. The third-order valence-electron chi connectivity index (χ3n) is 5.36. The smallest absolute Gasteiger partial charge is 0.228 e. The Balaban J connectivity index is 1.82. The molecular formula is C29H36N2O. The molecule has 32 heavy (non-hydrogen) atoms. The molecule has 0 aliphatic rings. The number of para-hydroxylation sites is 1. The third-order valence-corrected chi connectivity index (χ3v) is 5.36. The molecule has 0 bridgehead atoms. The molecule has 168 valence electrons. The summed E-state index contributed by atoms with van der Waals surface area (Å²) in [4.78, 5) is 15.1. The maximum absolute atomic E-state index is 12.6. The van der Waals surface area contributed by atoms with E-state index in [0.717, 1.165) is 29.9 Å². The van der Waals surface area contributed by atoms with Crippen LogP contribution in [0.4, 0.5) is 11.4 Å². The van der Waals surface area contributed by atoms with Gasteiger partial charge in [0.2, 0.25) is 5.91 Å². The van der Waals surface area contributed by atoms with Crippen molar-refractivity contribution >= 4 is 17.3 Å². The minimum absolute atomic E-state index is 0.000491. The van der Waals surface area contributed by atoms with Crippen LogP contribution >= 0.6 is 0 Å². The highest BCUT2D eigenvalue weighted by atomic mass is 16.1. The summed E-state index contributed by atoms with van der Waals surface area (Å²) in [6, 6.07) is 24.9. The van der Waals surface area contributed by atoms with Gasteiger partial charge in [-0.3, -0.25) is 4.79 Å². The molecule has 0 unspecified atom stereocenters. The summed E-state index contributed by atoms with van der Waals surface area (Å²) < 4.78 is 0. The molecule has 3 heteroatoms. The highest BCUT2D eigenvalue weighted by Crippen LogP contribution is 2.33. The predicted octanol–water partition coefficient (Wildman–Crippen LogP) is 6.96. The number of carbonyl (C=O) groups excluding carboxylic acids is 1. The van der Waals surface area contributed by atoms with Crippen molar-refractivity contribution in [3.8, 4) is 11.1 Å². The molecular weight excluding hydrogens is 392 g/mol. The SMILES string of the molecule is Cc1ccc(CC(=O)Nc2cccc(-c3ccccc3N(CC(C)C)CC(C)C)c2)cc1. The van der Waals surface area contributed by atoms with E-state index in [1.807, 2.05) is 36.4 Å². The number of rotatable bonds is 9. The van der Waals surface area contributed by atoms with Crippen molar-refractivity contribution < 1.29 is 4.79 Å². The maximum atomic E-state index is 12.6. The topological polar surface area (TPSA) is 32.3 Å². The highest BCUT2D eigenvalue weighted by molar-refractivity contribution is 5.93. The average molecular weight is 429 g/mol. The van der Waals surface area contributed by atoms with Crippen molar-refractivity contribution in [2.24, 2.45) is 11.8 Å². The molecule has 0 aliphatic heterocycles. The first-order valence-electron chi connectivity index (χ1n) is 11.6. The summed E-state index contributed by atoms with van der Waals surface area (Å²) in [6.45, 7) is 13.1. The van der Waals surface area contributed by atoms with Crippen LogP contribution < -0.4 is 10.2 Å². The van der Waals surface area contributed by atoms with Gasteiger partial charge in [-0.05, 0) is 48.1 Å². The van der Waals surface area contributed by atoms with Gasteiger partial charge in [0.05, 0.1) is 6.42 Å². The lowest BCUT2D eigenvalue weighted by Gasteiger charge is -2.30. The van der Waals surface area contributed by atoms with Gasteiger partial charge in [0.25, 0.3) is 0 Å². The molecule has 3 aromatic carbocycles. The molecule has 0 saturated heterocycles. The molecule has 0 spiro atoms. The number of hydrogen-bond donors (Lipinski definition) is 1. The number of carbonyl (C=O) groups is 1. The Morgan fingerprint density at radius 3 is 2.16 bits per heavy atom. The van der Waals surface area contributed by atoms with E-state index >= 15 is 0 Å². The van der Waals surface area contributed by atoms with Gasteiger partial charge >= 0.3 is 0 Å². The van der Waals surface area contributed by atoms with E-state index in [1.165, 1.54) is 16.8 Å². The fraction of sp³-hybridized carbons (Fsp3) is 0.345. The van der Waals surface area contributed by atoms with Gasteiger partial charge in [-0.2, -0.15) is 0 Å². The van der Waals surface area contributed by atoms with Gasteiger partial charge in [-0.1, -0.05) is 87.9 Å². The van der Waals surface area contributed by atoms with Crippen LogP contribution in [0.3, 0.4) is 0 Å². The van der Waals surface area contributed by atoms with Crippen molar-refractivity contribution in [1.29, 1.82) is 0 Å². The molecule has 0 saturated carbocycles. The zero-order valence-corrected chi connectivity index (χ0v) is 20.1. The molecule has 0 atom stereocenters. The Morgan fingerprint density at radius 2 is 1.50 bits per heavy atom. The summed E-state index contributed by atoms with van der Waals surface area (Å²) in [7, 11) is 0. The molecule has 3 nitrogen and oxygen atoms in total. The average Bonchev–Trinajstić information content (AvgIpc) is 2.74. The van der Waals surface area contributed by atoms with Gasteiger partial charge in [-0.15, -0.1) is 0 Å². The summed E-state index contributed by atoms with van der Waals surface area (Å²) in [6.07, 6.45) is 0.373. The standard InChI is InChI=1S/C29H36N2O/c1-21(2)19-31(20-22(3)4)28-12-7-6-11-27(28)25-9-8-10-26(18-25)30-29(32)17-24-15-13-23(5)14-16-24/h6-16,18,21-22H,17,19-20H2,1-5H3,(H,30,32). The number of anilines is 2. The van der Waals surface area contributed by atoms with Crippen LogP contribution in [-0.4, -0.2) is 19.0 Å². The normalized spacial score (nSPS) is 11.1. The van der Waals surface area contributed by atoms with Crippen LogP contribution in [0.15, 0.2) is 72.8 Å². The summed E-state index contributed by atoms with van der Waals surface area (Å²) in [5.74, 6) is 1.16. The Hall–Kier alpha value is -3.07. The second-order valence-corrected chi connectivity index (χ2v) is 9.50. The number of benzene rings is 3. The predicted molar refractivity (Wildman–Crippen MR) is 137 cm³/mol.